The molecule has 28 heavy (non-hydrogen) atoms. The molecule has 0 radical (unpaired) electrons. The van der Waals surface area contributed by atoms with E-state index in [1.807, 2.05) is 19.1 Å². The van der Waals surface area contributed by atoms with Gasteiger partial charge in [-0.25, -0.2) is 13.4 Å². The van der Waals surface area contributed by atoms with Crippen LogP contribution in [0.2, 0.25) is 0 Å². The van der Waals surface area contributed by atoms with Crippen molar-refractivity contribution in [3.8, 4) is 0 Å². The third kappa shape index (κ3) is 4.91. The number of nitrogens with one attached hydrogen (secondary N) is 3. The third-order valence-corrected chi connectivity index (χ3v) is 6.07. The van der Waals surface area contributed by atoms with Gasteiger partial charge in [-0.1, -0.05) is 18.2 Å². The number of benzene rings is 2. The molecule has 0 atom stereocenters. The van der Waals surface area contributed by atoms with Gasteiger partial charge in [0, 0.05) is 22.8 Å². The molecular weight excluding hydrogens is 416 g/mol. The molecule has 0 aliphatic carbocycles. The molecule has 0 unspecified atom stereocenters. The lowest BCUT2D eigenvalue weighted by molar-refractivity contribution is 0.0977. The summed E-state index contributed by atoms with van der Waals surface area (Å²) in [6, 6.07) is 13.2. The average molecular weight is 433 g/mol. The van der Waals surface area contributed by atoms with Crippen LogP contribution in [0.5, 0.6) is 0 Å². The number of sulfonamides is 1. The number of hydrogen-bond acceptors (Lipinski definition) is 6. The number of anilines is 2. The van der Waals surface area contributed by atoms with Crippen LogP contribution in [0, 0.1) is 6.92 Å². The molecular formula is C18H16N4O3S3. The van der Waals surface area contributed by atoms with E-state index in [2.05, 4.69) is 20.3 Å². The van der Waals surface area contributed by atoms with Crippen molar-refractivity contribution < 1.29 is 13.2 Å². The van der Waals surface area contributed by atoms with Crippen molar-refractivity contribution in [2.75, 3.05) is 10.0 Å². The van der Waals surface area contributed by atoms with E-state index in [0.29, 0.717) is 16.4 Å². The first-order chi connectivity index (χ1) is 13.3. The summed E-state index contributed by atoms with van der Waals surface area (Å²) in [5.74, 6) is -0.317. The van der Waals surface area contributed by atoms with Gasteiger partial charge < -0.3 is 5.32 Å². The quantitative estimate of drug-likeness (QED) is 0.535. The van der Waals surface area contributed by atoms with Crippen molar-refractivity contribution in [3.05, 3.63) is 71.2 Å². The molecule has 0 spiro atoms. The van der Waals surface area contributed by atoms with Gasteiger partial charge in [0.2, 0.25) is 0 Å². The minimum atomic E-state index is -3.72. The van der Waals surface area contributed by atoms with E-state index < -0.39 is 10.0 Å². The van der Waals surface area contributed by atoms with Gasteiger partial charge in [-0.05, 0) is 55.0 Å². The van der Waals surface area contributed by atoms with Gasteiger partial charge >= 0.3 is 0 Å². The maximum Gasteiger partial charge on any atom is 0.263 e. The van der Waals surface area contributed by atoms with E-state index >= 15 is 0 Å². The highest BCUT2D eigenvalue weighted by Gasteiger charge is 2.15. The molecule has 0 fully saturated rings. The Balaban J connectivity index is 1.63. The Hall–Kier alpha value is -2.82. The van der Waals surface area contributed by atoms with Gasteiger partial charge in [0.05, 0.1) is 4.90 Å². The van der Waals surface area contributed by atoms with Crippen LogP contribution in [0.4, 0.5) is 10.8 Å². The largest absolute Gasteiger partial charge is 0.332 e. The first kappa shape index (κ1) is 19.9. The number of nitrogens with zero attached hydrogens (tertiary/aromatic N) is 1. The standard InChI is InChI=1S/C18H16N4O3S3/c1-12-4-2-3-5-15(12)16(23)21-17(26)20-13-6-8-14(9-7-13)28(24,25)22-18-19-10-11-27-18/h2-11H,1H3,(H,19,22)(H2,20,21,23,26). The van der Waals surface area contributed by atoms with Gasteiger partial charge in [-0.3, -0.25) is 14.8 Å². The highest BCUT2D eigenvalue weighted by Crippen LogP contribution is 2.19. The van der Waals surface area contributed by atoms with Crippen LogP contribution in [0.15, 0.2) is 65.0 Å². The molecule has 0 saturated carbocycles. The summed E-state index contributed by atoms with van der Waals surface area (Å²) in [6.07, 6.45) is 1.52. The Bertz CT molecular complexity index is 1100. The zero-order chi connectivity index (χ0) is 20.1. The maximum absolute atomic E-state index is 12.3. The Morgan fingerprint density at radius 2 is 1.82 bits per heavy atom. The summed E-state index contributed by atoms with van der Waals surface area (Å²) in [5.41, 5.74) is 1.91. The molecule has 10 heteroatoms. The van der Waals surface area contributed by atoms with Gasteiger partial charge in [-0.15, -0.1) is 11.3 Å². The fraction of sp³-hybridized carbons (Fsp3) is 0.0556. The molecule has 3 rings (SSSR count). The summed E-state index contributed by atoms with van der Waals surface area (Å²) < 4.78 is 27.0. The van der Waals surface area contributed by atoms with Crippen LogP contribution in [0.25, 0.3) is 0 Å². The number of carbonyl (C=O) groups is 1. The molecule has 1 aromatic heterocycles. The van der Waals surface area contributed by atoms with Crippen LogP contribution in [-0.2, 0) is 10.0 Å². The summed E-state index contributed by atoms with van der Waals surface area (Å²) >= 11 is 6.35. The molecule has 0 bridgehead atoms. The van der Waals surface area contributed by atoms with E-state index in [0.717, 1.165) is 5.56 Å². The molecule has 3 aromatic rings. The fourth-order valence-corrected chi connectivity index (χ4v) is 4.32. The number of rotatable bonds is 5. The predicted molar refractivity (Wildman–Crippen MR) is 114 cm³/mol. The third-order valence-electron chi connectivity index (χ3n) is 3.69. The fourth-order valence-electron chi connectivity index (χ4n) is 2.33. The summed E-state index contributed by atoms with van der Waals surface area (Å²) in [6.45, 7) is 1.84. The Morgan fingerprint density at radius 3 is 2.46 bits per heavy atom. The highest BCUT2D eigenvalue weighted by atomic mass is 32.2. The molecule has 1 heterocycles. The molecule has 7 nitrogen and oxygen atoms in total. The monoisotopic (exact) mass is 432 g/mol. The SMILES string of the molecule is Cc1ccccc1C(=O)NC(=S)Nc1ccc(S(=O)(=O)Nc2nccs2)cc1. The number of thiocarbonyl (C=S) groups is 1. The molecule has 0 aliphatic heterocycles. The normalized spacial score (nSPS) is 10.9. The van der Waals surface area contributed by atoms with Crippen LogP contribution in [-0.4, -0.2) is 24.4 Å². The molecule has 2 aromatic carbocycles. The molecule has 0 saturated heterocycles. The second-order valence-corrected chi connectivity index (χ2v) is 8.68. The lowest BCUT2D eigenvalue weighted by atomic mass is 10.1. The van der Waals surface area contributed by atoms with Crippen LogP contribution >= 0.6 is 23.6 Å². The van der Waals surface area contributed by atoms with Crippen molar-refractivity contribution in [2.24, 2.45) is 0 Å². The van der Waals surface area contributed by atoms with E-state index in [-0.39, 0.29) is 15.9 Å². The van der Waals surface area contributed by atoms with E-state index in [1.165, 1.54) is 29.7 Å². The Labute approximate surface area is 171 Å². The van der Waals surface area contributed by atoms with Gasteiger partial charge in [0.1, 0.15) is 0 Å². The summed E-state index contributed by atoms with van der Waals surface area (Å²) in [5, 5.41) is 7.55. The first-order valence-corrected chi connectivity index (χ1v) is 10.8. The van der Waals surface area contributed by atoms with Crippen LogP contribution in [0.3, 0.4) is 0 Å². The van der Waals surface area contributed by atoms with Crippen LogP contribution < -0.4 is 15.4 Å². The number of carbonyl (C=O) groups excluding carboxylic acids is 1. The van der Waals surface area contributed by atoms with Crippen molar-refractivity contribution in [1.29, 1.82) is 0 Å². The maximum atomic E-state index is 12.3. The number of hydrogen-bond donors (Lipinski definition) is 3. The lowest BCUT2D eigenvalue weighted by Crippen LogP contribution is -2.34. The van der Waals surface area contributed by atoms with Gasteiger partial charge in [0.15, 0.2) is 10.2 Å². The number of aromatic nitrogens is 1. The van der Waals surface area contributed by atoms with Crippen molar-refractivity contribution in [2.45, 2.75) is 11.8 Å². The van der Waals surface area contributed by atoms with Crippen LogP contribution in [0.1, 0.15) is 15.9 Å². The topological polar surface area (TPSA) is 100 Å². The van der Waals surface area contributed by atoms with E-state index in [4.69, 9.17) is 12.2 Å². The highest BCUT2D eigenvalue weighted by molar-refractivity contribution is 7.93. The Morgan fingerprint density at radius 1 is 1.11 bits per heavy atom. The lowest BCUT2D eigenvalue weighted by Gasteiger charge is -2.11. The predicted octanol–water partition coefficient (Wildman–Crippen LogP) is 3.38. The molecule has 1 amide bonds. The minimum absolute atomic E-state index is 0.0862. The summed E-state index contributed by atoms with van der Waals surface area (Å²) in [4.78, 5) is 16.3. The van der Waals surface area contributed by atoms with E-state index in [9.17, 15) is 13.2 Å². The minimum Gasteiger partial charge on any atom is -0.332 e. The summed E-state index contributed by atoms with van der Waals surface area (Å²) in [7, 11) is -3.72. The van der Waals surface area contributed by atoms with Gasteiger partial charge in [-0.2, -0.15) is 0 Å². The first-order valence-electron chi connectivity index (χ1n) is 8.05. The second-order valence-electron chi connectivity index (χ2n) is 5.69. The van der Waals surface area contributed by atoms with Crippen molar-refractivity contribution in [3.63, 3.8) is 0 Å². The van der Waals surface area contributed by atoms with Gasteiger partial charge in [0.25, 0.3) is 15.9 Å². The number of thiazole rings is 1. The zero-order valence-corrected chi connectivity index (χ0v) is 17.1. The Kier molecular flexibility index (Phi) is 6.02. The molecule has 144 valence electrons. The second kappa shape index (κ2) is 8.46. The van der Waals surface area contributed by atoms with E-state index in [1.54, 1.807) is 29.6 Å². The van der Waals surface area contributed by atoms with Crippen molar-refractivity contribution in [1.82, 2.24) is 10.3 Å². The molecule has 3 N–H and O–H groups in total. The molecule has 0 aliphatic rings. The average Bonchev–Trinajstić information content (AvgIpc) is 3.14. The van der Waals surface area contributed by atoms with Crippen molar-refractivity contribution >= 4 is 55.4 Å². The smallest absolute Gasteiger partial charge is 0.263 e. The zero-order valence-electron chi connectivity index (χ0n) is 14.7. The number of aryl methyl sites for hydroxylation is 1. The number of amides is 1.